The van der Waals surface area contributed by atoms with Crippen molar-refractivity contribution in [1.82, 2.24) is 5.32 Å². The fourth-order valence-electron chi connectivity index (χ4n) is 6.11. The van der Waals surface area contributed by atoms with Crippen LogP contribution in [0.5, 0.6) is 0 Å². The summed E-state index contributed by atoms with van der Waals surface area (Å²) in [6.45, 7) is 4.16. The molecule has 49 heavy (non-hydrogen) atoms. The number of carbonyl (C=O) groups excluding carboxylic acids is 1. The molecule has 0 aromatic rings. The van der Waals surface area contributed by atoms with Gasteiger partial charge < -0.3 is 20.6 Å². The van der Waals surface area contributed by atoms with E-state index in [9.17, 15) is 20.1 Å². The Labute approximate surface area is 304 Å². The lowest BCUT2D eigenvalue weighted by molar-refractivity contribution is -0.124. The van der Waals surface area contributed by atoms with Crippen molar-refractivity contribution in [1.29, 1.82) is 0 Å². The van der Waals surface area contributed by atoms with Crippen LogP contribution in [0.4, 0.5) is 0 Å². The average Bonchev–Trinajstić information content (AvgIpc) is 3.09. The van der Waals surface area contributed by atoms with Crippen molar-refractivity contribution < 1.29 is 20.1 Å². The summed E-state index contributed by atoms with van der Waals surface area (Å²) >= 11 is 0. The summed E-state index contributed by atoms with van der Waals surface area (Å²) in [5, 5.41) is 33.1. The molecule has 0 saturated heterocycles. The predicted molar refractivity (Wildman–Crippen MR) is 213 cm³/mol. The molecule has 0 heterocycles. The fourth-order valence-corrected chi connectivity index (χ4v) is 6.11. The van der Waals surface area contributed by atoms with E-state index in [1.165, 1.54) is 135 Å². The molecule has 5 heteroatoms. The molecule has 0 radical (unpaired) electrons. The van der Waals surface area contributed by atoms with Crippen LogP contribution in [0.1, 0.15) is 200 Å². The SMILES string of the molecule is CCCCC/C=C\C=C/CCCCCCCCCCC(O)CC(=O)NC(CO)C(O)/C=C/CC/C=C/CCCCCCCCCCCCC. The van der Waals surface area contributed by atoms with Gasteiger partial charge in [-0.25, -0.2) is 0 Å². The molecular weight excluding hydrogens is 606 g/mol. The van der Waals surface area contributed by atoms with Crippen molar-refractivity contribution in [2.45, 2.75) is 218 Å². The maximum Gasteiger partial charge on any atom is 0.222 e. The van der Waals surface area contributed by atoms with E-state index in [0.29, 0.717) is 6.42 Å². The van der Waals surface area contributed by atoms with Gasteiger partial charge in [-0.1, -0.05) is 184 Å². The summed E-state index contributed by atoms with van der Waals surface area (Å²) in [5.74, 6) is -0.331. The minimum absolute atomic E-state index is 0.0000509. The van der Waals surface area contributed by atoms with Gasteiger partial charge >= 0.3 is 0 Å². The van der Waals surface area contributed by atoms with Gasteiger partial charge in [0.15, 0.2) is 0 Å². The number of aliphatic hydroxyl groups is 3. The van der Waals surface area contributed by atoms with Gasteiger partial charge in [-0.15, -0.1) is 0 Å². The molecule has 0 aliphatic rings. The Bertz CT molecular complexity index is 805. The third-order valence-corrected chi connectivity index (χ3v) is 9.37. The van der Waals surface area contributed by atoms with Crippen LogP contribution in [0, 0.1) is 0 Å². The molecule has 0 aromatic carbocycles. The van der Waals surface area contributed by atoms with Crippen molar-refractivity contribution in [2.24, 2.45) is 0 Å². The van der Waals surface area contributed by atoms with E-state index < -0.39 is 18.2 Å². The topological polar surface area (TPSA) is 89.8 Å². The maximum absolute atomic E-state index is 12.4. The van der Waals surface area contributed by atoms with Gasteiger partial charge in [0.05, 0.1) is 31.3 Å². The highest BCUT2D eigenvalue weighted by Crippen LogP contribution is 2.14. The van der Waals surface area contributed by atoms with E-state index in [0.717, 1.165) is 38.5 Å². The maximum atomic E-state index is 12.4. The number of hydrogen-bond acceptors (Lipinski definition) is 4. The monoisotopic (exact) mass is 688 g/mol. The van der Waals surface area contributed by atoms with Crippen LogP contribution in [0.2, 0.25) is 0 Å². The first-order valence-electron chi connectivity index (χ1n) is 20.9. The van der Waals surface area contributed by atoms with Gasteiger partial charge in [-0.3, -0.25) is 4.79 Å². The minimum Gasteiger partial charge on any atom is -0.394 e. The molecule has 0 aromatic heterocycles. The average molecular weight is 688 g/mol. The van der Waals surface area contributed by atoms with Crippen molar-refractivity contribution in [3.05, 3.63) is 48.6 Å². The van der Waals surface area contributed by atoms with Gasteiger partial charge in [-0.05, 0) is 57.8 Å². The molecule has 0 bridgehead atoms. The Kier molecular flexibility index (Phi) is 37.8. The van der Waals surface area contributed by atoms with E-state index in [1.807, 2.05) is 6.08 Å². The van der Waals surface area contributed by atoms with E-state index in [1.54, 1.807) is 6.08 Å². The molecule has 0 aliphatic carbocycles. The standard InChI is InChI=1S/C44H81NO4/c1-3-5-7-9-11-13-15-17-19-21-23-25-27-29-31-33-35-37-41(47)39-44(49)45-42(40-46)43(48)38-36-34-32-30-28-26-24-22-20-18-16-14-12-10-8-6-4-2/h11,13,15,17,28,30,36,38,41-43,46-48H,3-10,12,14,16,18-27,29,31-35,37,39-40H2,1-2H3,(H,45,49)/b13-11-,17-15-,30-28+,38-36+. The molecule has 0 spiro atoms. The Hall–Kier alpha value is -1.69. The Morgan fingerprint density at radius 2 is 0.939 bits per heavy atom. The third kappa shape index (κ3) is 35.9. The summed E-state index contributed by atoms with van der Waals surface area (Å²) in [6.07, 6.45) is 49.5. The van der Waals surface area contributed by atoms with Crippen LogP contribution < -0.4 is 5.32 Å². The van der Waals surface area contributed by atoms with Crippen molar-refractivity contribution in [3.8, 4) is 0 Å². The zero-order valence-electron chi connectivity index (χ0n) is 32.3. The highest BCUT2D eigenvalue weighted by atomic mass is 16.3. The summed E-state index contributed by atoms with van der Waals surface area (Å²) < 4.78 is 0. The Morgan fingerprint density at radius 1 is 0.531 bits per heavy atom. The zero-order chi connectivity index (χ0) is 35.9. The smallest absolute Gasteiger partial charge is 0.222 e. The van der Waals surface area contributed by atoms with Crippen LogP contribution in [-0.4, -0.2) is 46.1 Å². The number of rotatable bonds is 37. The summed E-state index contributed by atoms with van der Waals surface area (Å²) in [4.78, 5) is 12.4. The van der Waals surface area contributed by atoms with E-state index in [4.69, 9.17) is 0 Å². The molecule has 286 valence electrons. The number of allylic oxidation sites excluding steroid dienone is 7. The van der Waals surface area contributed by atoms with Crippen LogP contribution in [0.3, 0.4) is 0 Å². The quantitative estimate of drug-likeness (QED) is 0.0297. The van der Waals surface area contributed by atoms with Crippen LogP contribution in [0.25, 0.3) is 0 Å². The second-order valence-corrected chi connectivity index (χ2v) is 14.3. The van der Waals surface area contributed by atoms with E-state index in [2.05, 4.69) is 55.6 Å². The fraction of sp³-hybridized carbons (Fsp3) is 0.795. The normalized spacial score (nSPS) is 14.1. The number of unbranched alkanes of at least 4 members (excludes halogenated alkanes) is 23. The lowest BCUT2D eigenvalue weighted by Gasteiger charge is -2.21. The first-order chi connectivity index (χ1) is 24.0. The largest absolute Gasteiger partial charge is 0.394 e. The highest BCUT2D eigenvalue weighted by Gasteiger charge is 2.20. The molecule has 3 atom stereocenters. The number of amides is 1. The van der Waals surface area contributed by atoms with Gasteiger partial charge in [-0.2, -0.15) is 0 Å². The highest BCUT2D eigenvalue weighted by molar-refractivity contribution is 5.76. The third-order valence-electron chi connectivity index (χ3n) is 9.37. The van der Waals surface area contributed by atoms with Gasteiger partial charge in [0.1, 0.15) is 0 Å². The Morgan fingerprint density at radius 3 is 1.47 bits per heavy atom. The lowest BCUT2D eigenvalue weighted by atomic mass is 10.0. The summed E-state index contributed by atoms with van der Waals surface area (Å²) in [5.41, 5.74) is 0. The van der Waals surface area contributed by atoms with Crippen LogP contribution >= 0.6 is 0 Å². The second-order valence-electron chi connectivity index (χ2n) is 14.3. The molecule has 0 fully saturated rings. The number of hydrogen-bond donors (Lipinski definition) is 4. The van der Waals surface area contributed by atoms with Gasteiger partial charge in [0.25, 0.3) is 0 Å². The molecule has 0 aliphatic heterocycles. The number of carbonyl (C=O) groups is 1. The number of aliphatic hydroxyl groups excluding tert-OH is 3. The molecule has 4 N–H and O–H groups in total. The minimum atomic E-state index is -0.954. The number of nitrogens with one attached hydrogen (secondary N) is 1. The molecule has 0 rings (SSSR count). The summed E-state index contributed by atoms with van der Waals surface area (Å²) in [6, 6.07) is -0.763. The molecule has 5 nitrogen and oxygen atoms in total. The van der Waals surface area contributed by atoms with Crippen LogP contribution in [-0.2, 0) is 4.79 Å². The predicted octanol–water partition coefficient (Wildman–Crippen LogP) is 11.8. The lowest BCUT2D eigenvalue weighted by Crippen LogP contribution is -2.45. The Balaban J connectivity index is 3.75. The van der Waals surface area contributed by atoms with Crippen LogP contribution in [0.15, 0.2) is 48.6 Å². The molecule has 3 unspecified atom stereocenters. The van der Waals surface area contributed by atoms with E-state index in [-0.39, 0.29) is 18.9 Å². The van der Waals surface area contributed by atoms with Crippen molar-refractivity contribution in [2.75, 3.05) is 6.61 Å². The molecular formula is C44H81NO4. The molecule has 0 saturated carbocycles. The zero-order valence-corrected chi connectivity index (χ0v) is 32.3. The molecule has 1 amide bonds. The first-order valence-corrected chi connectivity index (χ1v) is 20.9. The second kappa shape index (κ2) is 39.1. The van der Waals surface area contributed by atoms with E-state index >= 15 is 0 Å². The first kappa shape index (κ1) is 47.3. The van der Waals surface area contributed by atoms with Crippen molar-refractivity contribution in [3.63, 3.8) is 0 Å². The summed E-state index contributed by atoms with van der Waals surface area (Å²) in [7, 11) is 0. The van der Waals surface area contributed by atoms with Gasteiger partial charge in [0, 0.05) is 0 Å². The van der Waals surface area contributed by atoms with Crippen molar-refractivity contribution >= 4 is 5.91 Å². The van der Waals surface area contributed by atoms with Gasteiger partial charge in [0.2, 0.25) is 5.91 Å².